The molecule has 286 valence electrons. The molecular weight excluding hydrogens is 721 g/mol. The fourth-order valence-corrected chi connectivity index (χ4v) is 7.99. The van der Waals surface area contributed by atoms with Crippen molar-refractivity contribution in [3.05, 3.63) is 168 Å². The van der Waals surface area contributed by atoms with Gasteiger partial charge in [-0.25, -0.2) is 0 Å². The zero-order chi connectivity index (χ0) is 54.1. The second-order valence-corrected chi connectivity index (χ2v) is 16.6. The maximum absolute atomic E-state index is 9.33. The van der Waals surface area contributed by atoms with Crippen LogP contribution in [0.4, 0.5) is 0 Å². The van der Waals surface area contributed by atoms with Crippen LogP contribution in [0.15, 0.2) is 157 Å². The first-order valence-electron chi connectivity index (χ1n) is 27.2. The SMILES string of the molecule is [2H]c1c([2H])c([2H])c2c(c1[2H])c1c([2H])c([2H])c([2H])c([2H])c1n2-c1nc(-c2ccccc2-n2c3ccc(C(C)(C)C)cc3c3cc(C(C)(C)C)ccc32)nc(-n2c3c([2H])c([2H])c([2H])c([2H])c3c3c([2H])c([2H])c([2H])c([2H])c32)n1. The largest absolute Gasteiger partial charge is 0.309 e. The normalized spacial score (nSPS) is 16.4. The number of rotatable bonds is 4. The highest BCUT2D eigenvalue weighted by Gasteiger charge is 2.25. The highest BCUT2D eigenvalue weighted by molar-refractivity contribution is 6.11. The molecule has 11 aromatic rings. The Morgan fingerprint density at radius 2 is 0.797 bits per heavy atom. The summed E-state index contributed by atoms with van der Waals surface area (Å²) in [6, 6.07) is 9.28. The molecule has 0 bridgehead atoms. The van der Waals surface area contributed by atoms with Crippen LogP contribution in [-0.2, 0) is 10.8 Å². The minimum atomic E-state index is -0.698. The van der Waals surface area contributed by atoms with Crippen LogP contribution < -0.4 is 0 Å². The van der Waals surface area contributed by atoms with E-state index < -0.39 is 109 Å². The van der Waals surface area contributed by atoms with Gasteiger partial charge in [0.15, 0.2) is 5.82 Å². The van der Waals surface area contributed by atoms with Crippen LogP contribution in [0.2, 0.25) is 0 Å². The van der Waals surface area contributed by atoms with Crippen molar-refractivity contribution in [2.75, 3.05) is 0 Å². The Labute approximate surface area is 365 Å². The van der Waals surface area contributed by atoms with Crippen LogP contribution in [0.3, 0.4) is 0 Å². The lowest BCUT2D eigenvalue weighted by Crippen LogP contribution is -2.11. The van der Waals surface area contributed by atoms with Gasteiger partial charge >= 0.3 is 0 Å². The van der Waals surface area contributed by atoms with Crippen LogP contribution in [0, 0.1) is 0 Å². The molecule has 59 heavy (non-hydrogen) atoms. The lowest BCUT2D eigenvalue weighted by Gasteiger charge is -2.19. The van der Waals surface area contributed by atoms with E-state index in [-0.39, 0.29) is 60.3 Å². The van der Waals surface area contributed by atoms with E-state index >= 15 is 0 Å². The number of hydrogen-bond acceptors (Lipinski definition) is 3. The van der Waals surface area contributed by atoms with Gasteiger partial charge in [0.05, 0.1) is 60.7 Å². The van der Waals surface area contributed by atoms with Gasteiger partial charge in [0.1, 0.15) is 0 Å². The monoisotopic (exact) mass is 780 g/mol. The molecule has 0 N–H and O–H groups in total. The number of fused-ring (bicyclic) bond motifs is 9. The van der Waals surface area contributed by atoms with Crippen molar-refractivity contribution in [2.45, 2.75) is 52.4 Å². The van der Waals surface area contributed by atoms with E-state index in [1.807, 2.05) is 24.3 Å². The van der Waals surface area contributed by atoms with Crippen molar-refractivity contribution >= 4 is 65.4 Å². The molecule has 0 spiro atoms. The van der Waals surface area contributed by atoms with Gasteiger partial charge in [0.2, 0.25) is 11.9 Å². The summed E-state index contributed by atoms with van der Waals surface area (Å²) in [6.45, 7) is 12.8. The number of hydrogen-bond donors (Lipinski definition) is 0. The molecule has 0 fully saturated rings. The van der Waals surface area contributed by atoms with Crippen LogP contribution in [0.5, 0.6) is 0 Å². The lowest BCUT2D eigenvalue weighted by molar-refractivity contribution is 0.590. The Kier molecular flexibility index (Phi) is 4.79. The molecule has 4 aromatic heterocycles. The van der Waals surface area contributed by atoms with Gasteiger partial charge in [-0.2, -0.15) is 15.0 Å². The minimum Gasteiger partial charge on any atom is -0.309 e. The molecule has 0 aliphatic carbocycles. The van der Waals surface area contributed by atoms with Gasteiger partial charge in [-0.3, -0.25) is 9.13 Å². The summed E-state index contributed by atoms with van der Waals surface area (Å²) in [5.41, 5.74) is 2.97. The van der Waals surface area contributed by atoms with Crippen molar-refractivity contribution in [2.24, 2.45) is 0 Å². The zero-order valence-corrected chi connectivity index (χ0v) is 33.0. The van der Waals surface area contributed by atoms with Gasteiger partial charge in [0, 0.05) is 37.9 Å². The summed E-state index contributed by atoms with van der Waals surface area (Å²) in [7, 11) is 0. The smallest absolute Gasteiger partial charge is 0.240 e. The maximum Gasteiger partial charge on any atom is 0.240 e. The molecule has 0 saturated heterocycles. The summed E-state index contributed by atoms with van der Waals surface area (Å²) >= 11 is 0. The van der Waals surface area contributed by atoms with E-state index in [0.29, 0.717) is 11.3 Å². The third-order valence-corrected chi connectivity index (χ3v) is 11.0. The molecule has 0 aliphatic rings. The first-order chi connectivity index (χ1) is 35.2. The number of nitrogens with zero attached hydrogens (tertiary/aromatic N) is 6. The quantitative estimate of drug-likeness (QED) is 0.179. The van der Waals surface area contributed by atoms with Gasteiger partial charge in [-0.05, 0) is 82.5 Å². The average molecular weight is 781 g/mol. The Morgan fingerprint density at radius 3 is 1.20 bits per heavy atom. The molecular formula is C53H44N6. The van der Waals surface area contributed by atoms with Crippen molar-refractivity contribution in [3.63, 3.8) is 0 Å². The zero-order valence-electron chi connectivity index (χ0n) is 49.0. The van der Waals surface area contributed by atoms with E-state index in [1.165, 1.54) is 0 Å². The summed E-state index contributed by atoms with van der Waals surface area (Å²) < 4.78 is 148. The predicted octanol–water partition coefficient (Wildman–Crippen LogP) is 13.4. The van der Waals surface area contributed by atoms with Crippen LogP contribution in [0.25, 0.3) is 94.4 Å². The van der Waals surface area contributed by atoms with Gasteiger partial charge < -0.3 is 4.57 Å². The topological polar surface area (TPSA) is 53.5 Å². The summed E-state index contributed by atoms with van der Waals surface area (Å²) in [5.74, 6) is -1.08. The Morgan fingerprint density at radius 1 is 0.407 bits per heavy atom. The van der Waals surface area contributed by atoms with Crippen molar-refractivity contribution in [1.82, 2.24) is 28.7 Å². The number of aromatic nitrogens is 6. The predicted molar refractivity (Wildman–Crippen MR) is 246 cm³/mol. The molecule has 4 heterocycles. The summed E-state index contributed by atoms with van der Waals surface area (Å²) in [5, 5.41) is 0.862. The molecule has 6 nitrogen and oxygen atoms in total. The third kappa shape index (κ3) is 5.43. The van der Waals surface area contributed by atoms with Crippen LogP contribution >= 0.6 is 0 Å². The van der Waals surface area contributed by atoms with Crippen LogP contribution in [-0.4, -0.2) is 28.7 Å². The molecule has 0 amide bonds. The van der Waals surface area contributed by atoms with Crippen molar-refractivity contribution < 1.29 is 21.9 Å². The summed E-state index contributed by atoms with van der Waals surface area (Å²) in [6.07, 6.45) is 0. The summed E-state index contributed by atoms with van der Waals surface area (Å²) in [4.78, 5) is 15.0. The maximum atomic E-state index is 9.33. The Balaban J connectivity index is 1.36. The molecule has 0 aliphatic heterocycles. The Bertz CT molecular complexity index is 4000. The standard InChI is InChI=1S/C53H44N6/c1-52(2,3)33-27-29-47-40(31-33)41-32-34(53(4,5)6)28-30-48(41)57(47)46-26-16-11-21-39(46)49-54-50(58-42-22-12-7-17-35(42)36-18-8-13-23-43(36)58)56-51(55-49)59-44-24-14-9-19-37(44)38-20-10-15-25-45(38)59/h7-32H,1-6H3/i7D,8D,9D,10D,12D,13D,14D,15D,17D,18D,19D,20D,22D,23D,24D,25D. The molecule has 0 unspecified atom stereocenters. The fraction of sp³-hybridized carbons (Fsp3) is 0.151. The lowest BCUT2D eigenvalue weighted by atomic mass is 9.85. The molecule has 11 rings (SSSR count). The van der Waals surface area contributed by atoms with E-state index in [2.05, 4.69) is 70.4 Å². The molecule has 6 heteroatoms. The van der Waals surface area contributed by atoms with Gasteiger partial charge in [-0.1, -0.05) is 138 Å². The second kappa shape index (κ2) is 12.7. The highest BCUT2D eigenvalue weighted by Crippen LogP contribution is 2.40. The molecule has 7 aromatic carbocycles. The molecule has 0 saturated carbocycles. The molecule has 0 radical (unpaired) electrons. The second-order valence-electron chi connectivity index (χ2n) is 16.6. The molecule has 0 atom stereocenters. The van der Waals surface area contributed by atoms with E-state index in [0.717, 1.165) is 42.1 Å². The first-order valence-corrected chi connectivity index (χ1v) is 19.2. The minimum absolute atomic E-state index is 0.147. The van der Waals surface area contributed by atoms with Gasteiger partial charge in [-0.15, -0.1) is 0 Å². The van der Waals surface area contributed by atoms with Crippen molar-refractivity contribution in [1.29, 1.82) is 0 Å². The van der Waals surface area contributed by atoms with E-state index in [4.69, 9.17) is 31.4 Å². The number of benzene rings is 7. The van der Waals surface area contributed by atoms with Gasteiger partial charge in [0.25, 0.3) is 0 Å². The van der Waals surface area contributed by atoms with Crippen molar-refractivity contribution in [3.8, 4) is 29.0 Å². The third-order valence-electron chi connectivity index (χ3n) is 11.0. The van der Waals surface area contributed by atoms with Crippen LogP contribution in [0.1, 0.15) is 74.6 Å². The number of para-hydroxylation sites is 5. The average Bonchev–Trinajstić information content (AvgIpc) is 4.06. The first kappa shape index (κ1) is 22.2. The Hall–Kier alpha value is -7.05. The van der Waals surface area contributed by atoms with E-state index in [1.54, 1.807) is 12.1 Å². The highest BCUT2D eigenvalue weighted by atomic mass is 15.3. The van der Waals surface area contributed by atoms with E-state index in [9.17, 15) is 5.48 Å². The fourth-order valence-electron chi connectivity index (χ4n) is 7.99.